The monoisotopic (exact) mass is 348 g/mol. The van der Waals surface area contributed by atoms with Crippen molar-refractivity contribution in [1.29, 1.82) is 0 Å². The van der Waals surface area contributed by atoms with Crippen molar-refractivity contribution in [2.45, 2.75) is 45.2 Å². The number of nitrogens with two attached hydrogens (primary N) is 1. The fourth-order valence-electron chi connectivity index (χ4n) is 3.44. The lowest BCUT2D eigenvalue weighted by atomic mass is 10.1. The number of nitrogens with zero attached hydrogens (tertiary/aromatic N) is 3. The molecule has 1 aliphatic rings. The molecule has 2 heterocycles. The lowest BCUT2D eigenvalue weighted by molar-refractivity contribution is 0.222. The maximum absolute atomic E-state index is 12.9. The van der Waals surface area contributed by atoms with Crippen LogP contribution in [0, 0.1) is 0 Å². The van der Waals surface area contributed by atoms with E-state index in [1.807, 2.05) is 19.1 Å². The van der Waals surface area contributed by atoms with E-state index in [2.05, 4.69) is 9.88 Å². The highest BCUT2D eigenvalue weighted by Gasteiger charge is 2.16. The van der Waals surface area contributed by atoms with E-state index in [-0.39, 0.29) is 11.6 Å². The van der Waals surface area contributed by atoms with Gasteiger partial charge in [-0.2, -0.15) is 0 Å². The van der Waals surface area contributed by atoms with Gasteiger partial charge >= 0.3 is 0 Å². The van der Waals surface area contributed by atoms with Crippen LogP contribution < -0.4 is 11.3 Å². The maximum atomic E-state index is 12.9. The Balaban J connectivity index is 1.87. The smallest absolute Gasteiger partial charge is 0.262 e. The number of hydrogen-bond donors (Lipinski definition) is 1. The minimum Gasteiger partial charge on any atom is -0.322 e. The summed E-state index contributed by atoms with van der Waals surface area (Å²) in [5.74, 6) is 0.633. The molecule has 1 atom stereocenters. The quantitative estimate of drug-likeness (QED) is 0.902. The summed E-state index contributed by atoms with van der Waals surface area (Å²) in [7, 11) is 0. The van der Waals surface area contributed by atoms with Crippen molar-refractivity contribution in [1.82, 2.24) is 14.5 Å². The molecule has 1 fully saturated rings. The summed E-state index contributed by atoms with van der Waals surface area (Å²) in [5, 5.41) is 0.938. The summed E-state index contributed by atoms with van der Waals surface area (Å²) in [6.45, 7) is 5.82. The van der Waals surface area contributed by atoms with Gasteiger partial charge in [-0.1, -0.05) is 24.1 Å². The van der Waals surface area contributed by atoms with Crippen molar-refractivity contribution < 1.29 is 0 Å². The average molecular weight is 349 g/mol. The van der Waals surface area contributed by atoms with Crippen molar-refractivity contribution in [2.24, 2.45) is 5.73 Å². The van der Waals surface area contributed by atoms with Gasteiger partial charge in [0.25, 0.3) is 5.56 Å². The molecular weight excluding hydrogens is 324 g/mol. The SMILES string of the molecule is CC(N)c1nc2cccc(Cl)c2c(=O)n1CCCN1CCCCC1. The van der Waals surface area contributed by atoms with Crippen LogP contribution in [-0.4, -0.2) is 34.1 Å². The first kappa shape index (κ1) is 17.4. The summed E-state index contributed by atoms with van der Waals surface area (Å²) >= 11 is 6.23. The Hall–Kier alpha value is -1.43. The van der Waals surface area contributed by atoms with Gasteiger partial charge in [0.15, 0.2) is 0 Å². The molecule has 130 valence electrons. The lowest BCUT2D eigenvalue weighted by Gasteiger charge is -2.26. The van der Waals surface area contributed by atoms with Gasteiger partial charge in [0.2, 0.25) is 0 Å². The third kappa shape index (κ3) is 3.63. The van der Waals surface area contributed by atoms with Gasteiger partial charge in [-0.25, -0.2) is 4.98 Å². The van der Waals surface area contributed by atoms with Crippen LogP contribution in [0.25, 0.3) is 10.9 Å². The second-order valence-corrected chi connectivity index (χ2v) is 7.01. The van der Waals surface area contributed by atoms with E-state index < -0.39 is 0 Å². The van der Waals surface area contributed by atoms with Gasteiger partial charge in [-0.3, -0.25) is 9.36 Å². The molecule has 1 saturated heterocycles. The zero-order valence-electron chi connectivity index (χ0n) is 14.2. The highest BCUT2D eigenvalue weighted by atomic mass is 35.5. The van der Waals surface area contributed by atoms with Crippen molar-refractivity contribution in [2.75, 3.05) is 19.6 Å². The predicted octanol–water partition coefficient (Wildman–Crippen LogP) is 2.95. The summed E-state index contributed by atoms with van der Waals surface area (Å²) in [6, 6.07) is 5.06. The molecule has 1 aromatic carbocycles. The summed E-state index contributed by atoms with van der Waals surface area (Å²) in [5.41, 5.74) is 6.59. The Morgan fingerprint density at radius 3 is 2.71 bits per heavy atom. The standard InChI is InChI=1S/C18H25ClN4O/c1-13(20)17-21-15-8-5-7-14(19)16(15)18(24)23(17)12-6-11-22-9-3-2-4-10-22/h5,7-8,13H,2-4,6,9-12,20H2,1H3. The van der Waals surface area contributed by atoms with Gasteiger partial charge in [-0.15, -0.1) is 0 Å². The Bertz CT molecular complexity index is 765. The molecule has 0 saturated carbocycles. The van der Waals surface area contributed by atoms with Crippen LogP contribution in [0.1, 0.15) is 44.5 Å². The Morgan fingerprint density at radius 1 is 1.25 bits per heavy atom. The molecular formula is C18H25ClN4O. The van der Waals surface area contributed by atoms with Crippen LogP contribution in [0.5, 0.6) is 0 Å². The zero-order chi connectivity index (χ0) is 17.1. The molecule has 1 aromatic heterocycles. The van der Waals surface area contributed by atoms with E-state index in [9.17, 15) is 4.79 Å². The van der Waals surface area contributed by atoms with E-state index in [0.29, 0.717) is 28.3 Å². The molecule has 2 aromatic rings. The summed E-state index contributed by atoms with van der Waals surface area (Å²) in [6.07, 6.45) is 4.80. The van der Waals surface area contributed by atoms with Gasteiger partial charge in [0, 0.05) is 6.54 Å². The average Bonchev–Trinajstić information content (AvgIpc) is 2.57. The number of piperidine rings is 1. The maximum Gasteiger partial charge on any atom is 0.262 e. The van der Waals surface area contributed by atoms with Gasteiger partial charge in [0.1, 0.15) is 5.82 Å². The topological polar surface area (TPSA) is 64.1 Å². The Kier molecular flexibility index (Phi) is 5.54. The highest BCUT2D eigenvalue weighted by Crippen LogP contribution is 2.20. The van der Waals surface area contributed by atoms with Gasteiger partial charge in [0.05, 0.1) is 22.0 Å². The van der Waals surface area contributed by atoms with E-state index in [1.165, 1.54) is 19.3 Å². The number of likely N-dealkylation sites (tertiary alicyclic amines) is 1. The van der Waals surface area contributed by atoms with Crippen molar-refractivity contribution >= 4 is 22.5 Å². The molecule has 0 radical (unpaired) electrons. The molecule has 0 bridgehead atoms. The van der Waals surface area contributed by atoms with Crippen LogP contribution in [0.2, 0.25) is 5.02 Å². The largest absolute Gasteiger partial charge is 0.322 e. The Labute approximate surface area is 147 Å². The number of halogens is 1. The summed E-state index contributed by atoms with van der Waals surface area (Å²) in [4.78, 5) is 20.0. The molecule has 1 aliphatic heterocycles. The molecule has 24 heavy (non-hydrogen) atoms. The molecule has 0 amide bonds. The van der Waals surface area contributed by atoms with Crippen LogP contribution in [0.15, 0.2) is 23.0 Å². The fourth-order valence-corrected chi connectivity index (χ4v) is 3.69. The third-order valence-electron chi connectivity index (χ3n) is 4.67. The second kappa shape index (κ2) is 7.64. The fraction of sp³-hybridized carbons (Fsp3) is 0.556. The lowest BCUT2D eigenvalue weighted by Crippen LogP contribution is -2.33. The first-order valence-corrected chi connectivity index (χ1v) is 9.12. The molecule has 6 heteroatoms. The predicted molar refractivity (Wildman–Crippen MR) is 98.5 cm³/mol. The number of hydrogen-bond acceptors (Lipinski definition) is 4. The van der Waals surface area contributed by atoms with Gasteiger partial charge in [-0.05, 0) is 58.0 Å². The minimum atomic E-state index is -0.295. The number of aromatic nitrogens is 2. The van der Waals surface area contributed by atoms with Crippen molar-refractivity contribution in [3.05, 3.63) is 39.4 Å². The van der Waals surface area contributed by atoms with Crippen molar-refractivity contribution in [3.8, 4) is 0 Å². The molecule has 5 nitrogen and oxygen atoms in total. The van der Waals surface area contributed by atoms with Crippen LogP contribution >= 0.6 is 11.6 Å². The Morgan fingerprint density at radius 2 is 2.00 bits per heavy atom. The van der Waals surface area contributed by atoms with E-state index in [0.717, 1.165) is 26.1 Å². The molecule has 0 aliphatic carbocycles. The van der Waals surface area contributed by atoms with Crippen LogP contribution in [0.3, 0.4) is 0 Å². The zero-order valence-corrected chi connectivity index (χ0v) is 14.9. The first-order chi connectivity index (χ1) is 11.6. The third-order valence-corrected chi connectivity index (χ3v) is 4.99. The van der Waals surface area contributed by atoms with E-state index in [1.54, 1.807) is 10.6 Å². The number of fused-ring (bicyclic) bond motifs is 1. The molecule has 1 unspecified atom stereocenters. The van der Waals surface area contributed by atoms with Crippen LogP contribution in [-0.2, 0) is 6.54 Å². The molecule has 0 spiro atoms. The first-order valence-electron chi connectivity index (χ1n) is 8.75. The normalized spacial score (nSPS) is 17.3. The molecule has 3 rings (SSSR count). The number of benzene rings is 1. The van der Waals surface area contributed by atoms with E-state index >= 15 is 0 Å². The van der Waals surface area contributed by atoms with E-state index in [4.69, 9.17) is 17.3 Å². The minimum absolute atomic E-state index is 0.0865. The van der Waals surface area contributed by atoms with Crippen LogP contribution in [0.4, 0.5) is 0 Å². The second-order valence-electron chi connectivity index (χ2n) is 6.61. The number of rotatable bonds is 5. The van der Waals surface area contributed by atoms with Gasteiger partial charge < -0.3 is 10.6 Å². The van der Waals surface area contributed by atoms with Crippen molar-refractivity contribution in [3.63, 3.8) is 0 Å². The summed E-state index contributed by atoms with van der Waals surface area (Å²) < 4.78 is 1.71. The molecule has 2 N–H and O–H groups in total. The highest BCUT2D eigenvalue weighted by molar-refractivity contribution is 6.35.